The highest BCUT2D eigenvalue weighted by atomic mass is 127. The molecule has 2 nitrogen and oxygen atoms in total. The summed E-state index contributed by atoms with van der Waals surface area (Å²) in [4.78, 5) is 4.67. The Morgan fingerprint density at radius 1 is 1.24 bits per heavy atom. The first-order valence-corrected chi connectivity index (χ1v) is 8.93. The molecule has 2 aromatic carbocycles. The van der Waals surface area contributed by atoms with E-state index in [4.69, 9.17) is 23.2 Å². The standard InChI is InChI=1S/C15H10BrCl2IN2/c1-8(17)15-20-13-6-9(19)2-5-14(13)21(15)10-3-4-11(16)12(18)7-10/h2-8H,1H3. The molecule has 1 unspecified atom stereocenters. The van der Waals surface area contributed by atoms with Crippen LogP contribution >= 0.6 is 61.7 Å². The maximum absolute atomic E-state index is 6.31. The molecule has 0 saturated carbocycles. The minimum absolute atomic E-state index is 0.197. The van der Waals surface area contributed by atoms with Crippen molar-refractivity contribution >= 4 is 72.8 Å². The van der Waals surface area contributed by atoms with Crippen LogP contribution in [-0.2, 0) is 0 Å². The molecule has 6 heteroatoms. The van der Waals surface area contributed by atoms with Gasteiger partial charge >= 0.3 is 0 Å². The zero-order valence-corrected chi connectivity index (χ0v) is 16.2. The second-order valence-corrected chi connectivity index (χ2v) is 7.81. The van der Waals surface area contributed by atoms with Crippen molar-refractivity contribution in [3.63, 3.8) is 0 Å². The monoisotopic (exact) mass is 494 g/mol. The third kappa shape index (κ3) is 2.96. The Kier molecular flexibility index (Phi) is 4.50. The predicted octanol–water partition coefficient (Wildman–Crippen LogP) is 6.35. The van der Waals surface area contributed by atoms with Gasteiger partial charge in [0.05, 0.1) is 21.4 Å². The number of hydrogen-bond donors (Lipinski definition) is 0. The summed E-state index contributed by atoms with van der Waals surface area (Å²) >= 11 is 18.2. The Morgan fingerprint density at radius 2 is 2.00 bits per heavy atom. The summed E-state index contributed by atoms with van der Waals surface area (Å²) < 4.78 is 4.07. The summed E-state index contributed by atoms with van der Waals surface area (Å²) in [7, 11) is 0. The molecule has 108 valence electrons. The van der Waals surface area contributed by atoms with Gasteiger partial charge in [-0.15, -0.1) is 11.6 Å². The molecule has 21 heavy (non-hydrogen) atoms. The average Bonchev–Trinajstić information content (AvgIpc) is 2.80. The van der Waals surface area contributed by atoms with E-state index in [1.165, 1.54) is 0 Å². The second-order valence-electron chi connectivity index (χ2n) is 4.65. The van der Waals surface area contributed by atoms with E-state index < -0.39 is 0 Å². The van der Waals surface area contributed by atoms with Crippen LogP contribution in [0, 0.1) is 3.57 Å². The van der Waals surface area contributed by atoms with Crippen molar-refractivity contribution in [2.24, 2.45) is 0 Å². The topological polar surface area (TPSA) is 17.8 Å². The molecular weight excluding hydrogens is 486 g/mol. The molecule has 3 rings (SSSR count). The molecule has 0 aliphatic carbocycles. The molecule has 0 bridgehead atoms. The average molecular weight is 496 g/mol. The molecule has 0 aliphatic heterocycles. The van der Waals surface area contributed by atoms with Gasteiger partial charge in [-0.2, -0.15) is 0 Å². The van der Waals surface area contributed by atoms with Gasteiger partial charge in [0.15, 0.2) is 0 Å². The number of benzene rings is 2. The van der Waals surface area contributed by atoms with Crippen molar-refractivity contribution in [2.75, 3.05) is 0 Å². The van der Waals surface area contributed by atoms with Gasteiger partial charge in [0.1, 0.15) is 5.82 Å². The van der Waals surface area contributed by atoms with Crippen LogP contribution < -0.4 is 0 Å². The lowest BCUT2D eigenvalue weighted by Crippen LogP contribution is -2.01. The lowest BCUT2D eigenvalue weighted by atomic mass is 10.2. The van der Waals surface area contributed by atoms with Crippen LogP contribution in [-0.4, -0.2) is 9.55 Å². The third-order valence-electron chi connectivity index (χ3n) is 3.16. The number of fused-ring (bicyclic) bond motifs is 1. The fraction of sp³-hybridized carbons (Fsp3) is 0.133. The maximum Gasteiger partial charge on any atom is 0.132 e. The zero-order chi connectivity index (χ0) is 15.1. The summed E-state index contributed by atoms with van der Waals surface area (Å²) in [5, 5.41) is 0.463. The van der Waals surface area contributed by atoms with Crippen LogP contribution in [0.15, 0.2) is 40.9 Å². The smallest absolute Gasteiger partial charge is 0.132 e. The molecule has 0 fully saturated rings. The van der Waals surface area contributed by atoms with E-state index in [2.05, 4.69) is 66.3 Å². The molecule has 0 radical (unpaired) electrons. The largest absolute Gasteiger partial charge is 0.295 e. The fourth-order valence-corrected chi connectivity index (χ4v) is 3.28. The number of aromatic nitrogens is 2. The number of nitrogens with zero attached hydrogens (tertiary/aromatic N) is 2. The van der Waals surface area contributed by atoms with Gasteiger partial charge in [0.2, 0.25) is 0 Å². The molecule has 0 amide bonds. The van der Waals surface area contributed by atoms with Gasteiger partial charge in [-0.1, -0.05) is 11.6 Å². The van der Waals surface area contributed by atoms with Gasteiger partial charge in [-0.25, -0.2) is 4.98 Å². The van der Waals surface area contributed by atoms with Crippen molar-refractivity contribution in [2.45, 2.75) is 12.3 Å². The van der Waals surface area contributed by atoms with E-state index >= 15 is 0 Å². The number of imidazole rings is 1. The Bertz CT molecular complexity index is 830. The first-order chi connectivity index (χ1) is 9.97. The van der Waals surface area contributed by atoms with Crippen LogP contribution in [0.25, 0.3) is 16.7 Å². The molecule has 1 heterocycles. The zero-order valence-electron chi connectivity index (χ0n) is 10.9. The molecule has 3 aromatic rings. The predicted molar refractivity (Wildman–Crippen MR) is 101 cm³/mol. The van der Waals surface area contributed by atoms with E-state index in [1.54, 1.807) is 0 Å². The van der Waals surface area contributed by atoms with Crippen LogP contribution in [0.3, 0.4) is 0 Å². The Hall–Kier alpha value is -0.300. The number of rotatable bonds is 2. The van der Waals surface area contributed by atoms with E-state index in [9.17, 15) is 0 Å². The summed E-state index contributed by atoms with van der Waals surface area (Å²) in [5.41, 5.74) is 2.91. The first kappa shape index (κ1) is 15.6. The summed E-state index contributed by atoms with van der Waals surface area (Å²) in [5.74, 6) is 0.812. The highest BCUT2D eigenvalue weighted by Gasteiger charge is 2.17. The van der Waals surface area contributed by atoms with E-state index in [0.717, 1.165) is 30.6 Å². The van der Waals surface area contributed by atoms with E-state index in [-0.39, 0.29) is 5.38 Å². The van der Waals surface area contributed by atoms with Crippen LogP contribution in [0.5, 0.6) is 0 Å². The molecule has 0 saturated heterocycles. The van der Waals surface area contributed by atoms with Gasteiger partial charge in [-0.05, 0) is 81.8 Å². The van der Waals surface area contributed by atoms with E-state index in [1.807, 2.05) is 25.1 Å². The minimum Gasteiger partial charge on any atom is -0.295 e. The minimum atomic E-state index is -0.197. The summed E-state index contributed by atoms with van der Waals surface area (Å²) in [6, 6.07) is 12.0. The quantitative estimate of drug-likeness (QED) is 0.299. The van der Waals surface area contributed by atoms with Gasteiger partial charge in [0.25, 0.3) is 0 Å². The Balaban J connectivity index is 2.33. The van der Waals surface area contributed by atoms with Crippen LogP contribution in [0.1, 0.15) is 18.1 Å². The summed E-state index contributed by atoms with van der Waals surface area (Å²) in [6.07, 6.45) is 0. The SMILES string of the molecule is CC(Cl)c1nc2cc(I)ccc2n1-c1ccc(Br)c(Cl)c1. The third-order valence-corrected chi connectivity index (χ3v) is 5.26. The number of alkyl halides is 1. The van der Waals surface area contributed by atoms with Gasteiger partial charge in [0, 0.05) is 13.7 Å². The van der Waals surface area contributed by atoms with Crippen molar-refractivity contribution < 1.29 is 0 Å². The maximum atomic E-state index is 6.31. The Labute approximate surface area is 154 Å². The highest BCUT2D eigenvalue weighted by Crippen LogP contribution is 2.31. The molecular formula is C15H10BrCl2IN2. The van der Waals surface area contributed by atoms with Crippen molar-refractivity contribution in [3.05, 3.63) is 55.3 Å². The molecule has 1 aromatic heterocycles. The lowest BCUT2D eigenvalue weighted by molar-refractivity contribution is 0.882. The first-order valence-electron chi connectivity index (χ1n) is 6.25. The van der Waals surface area contributed by atoms with Crippen molar-refractivity contribution in [3.8, 4) is 5.69 Å². The lowest BCUT2D eigenvalue weighted by Gasteiger charge is -2.11. The van der Waals surface area contributed by atoms with E-state index in [0.29, 0.717) is 5.02 Å². The fourth-order valence-electron chi connectivity index (χ4n) is 2.23. The second kappa shape index (κ2) is 6.07. The molecule has 0 spiro atoms. The number of hydrogen-bond acceptors (Lipinski definition) is 1. The Morgan fingerprint density at radius 3 is 2.67 bits per heavy atom. The number of halogens is 4. The van der Waals surface area contributed by atoms with Crippen molar-refractivity contribution in [1.82, 2.24) is 9.55 Å². The molecule has 1 atom stereocenters. The highest BCUT2D eigenvalue weighted by molar-refractivity contribution is 14.1. The van der Waals surface area contributed by atoms with Crippen LogP contribution in [0.4, 0.5) is 0 Å². The van der Waals surface area contributed by atoms with Crippen LogP contribution in [0.2, 0.25) is 5.02 Å². The molecule has 0 aliphatic rings. The summed E-state index contributed by atoms with van der Waals surface area (Å²) in [6.45, 7) is 1.92. The molecule has 0 N–H and O–H groups in total. The normalized spacial score (nSPS) is 12.8. The van der Waals surface area contributed by atoms with Gasteiger partial charge in [-0.3, -0.25) is 4.57 Å². The van der Waals surface area contributed by atoms with Crippen molar-refractivity contribution in [1.29, 1.82) is 0 Å². The van der Waals surface area contributed by atoms with Gasteiger partial charge < -0.3 is 0 Å².